The van der Waals surface area contributed by atoms with Crippen LogP contribution in [0.25, 0.3) is 0 Å². The van der Waals surface area contributed by atoms with Gasteiger partial charge in [-0.3, -0.25) is 4.79 Å². The summed E-state index contributed by atoms with van der Waals surface area (Å²) in [4.78, 5) is 14.6. The second-order valence-corrected chi connectivity index (χ2v) is 7.99. The van der Waals surface area contributed by atoms with Gasteiger partial charge in [-0.1, -0.05) is 12.1 Å². The van der Waals surface area contributed by atoms with E-state index in [0.717, 1.165) is 6.07 Å². The molecule has 6 nitrogen and oxygen atoms in total. The fourth-order valence-corrected chi connectivity index (χ4v) is 4.25. The van der Waals surface area contributed by atoms with E-state index in [9.17, 15) is 26.7 Å². The van der Waals surface area contributed by atoms with E-state index in [2.05, 4.69) is 0 Å². The predicted octanol–water partition coefficient (Wildman–Crippen LogP) is 4.42. The zero-order valence-corrected chi connectivity index (χ0v) is 18.2. The molecule has 0 aliphatic carbocycles. The molecule has 2 saturated heterocycles. The highest BCUT2D eigenvalue weighted by atomic mass is 19.4. The lowest BCUT2D eigenvalue weighted by Gasteiger charge is -2.42. The number of hydrogen-bond donors (Lipinski definition) is 0. The number of carbonyl (C=O) groups excluding carboxylic acids is 1. The van der Waals surface area contributed by atoms with E-state index in [4.69, 9.17) is 18.9 Å². The van der Waals surface area contributed by atoms with E-state index < -0.39 is 42.5 Å². The van der Waals surface area contributed by atoms with Crippen molar-refractivity contribution in [1.29, 1.82) is 0 Å². The van der Waals surface area contributed by atoms with Crippen molar-refractivity contribution in [3.05, 3.63) is 59.2 Å². The number of alkyl halides is 3. The molecule has 4 rings (SSSR count). The van der Waals surface area contributed by atoms with Gasteiger partial charge >= 0.3 is 6.18 Å². The molecule has 2 aromatic rings. The molecule has 2 aromatic carbocycles. The van der Waals surface area contributed by atoms with Crippen LogP contribution in [-0.2, 0) is 15.1 Å². The fourth-order valence-electron chi connectivity index (χ4n) is 4.25. The zero-order chi connectivity index (χ0) is 24.5. The molecular weight excluding hydrogens is 465 g/mol. The normalized spacial score (nSPS) is 22.4. The second kappa shape index (κ2) is 9.38. The molecule has 2 aliphatic rings. The van der Waals surface area contributed by atoms with Crippen LogP contribution < -0.4 is 9.47 Å². The monoisotopic (exact) mass is 487 g/mol. The van der Waals surface area contributed by atoms with Gasteiger partial charge in [0, 0.05) is 24.1 Å². The minimum Gasteiger partial charge on any atom is -0.493 e. The van der Waals surface area contributed by atoms with Gasteiger partial charge in [0.25, 0.3) is 5.91 Å². The van der Waals surface area contributed by atoms with E-state index in [0.29, 0.717) is 0 Å². The summed E-state index contributed by atoms with van der Waals surface area (Å²) in [6.07, 6.45) is -6.01. The van der Waals surface area contributed by atoms with Gasteiger partial charge in [0.2, 0.25) is 0 Å². The molecule has 0 N–H and O–H groups in total. The Hall–Kier alpha value is -2.92. The number of carbonyl (C=O) groups is 1. The maximum atomic E-state index is 14.5. The number of fused-ring (bicyclic) bond motifs is 1. The van der Waals surface area contributed by atoms with Gasteiger partial charge in [-0.2, -0.15) is 13.2 Å². The summed E-state index contributed by atoms with van der Waals surface area (Å²) in [6.45, 7) is -0.459. The van der Waals surface area contributed by atoms with Gasteiger partial charge < -0.3 is 23.8 Å². The topological polar surface area (TPSA) is 57.2 Å². The molecule has 0 radical (unpaired) electrons. The molecule has 2 heterocycles. The Kier molecular flexibility index (Phi) is 6.68. The van der Waals surface area contributed by atoms with Crippen molar-refractivity contribution >= 4 is 5.91 Å². The van der Waals surface area contributed by atoms with Crippen LogP contribution in [0.1, 0.15) is 28.8 Å². The number of halogens is 5. The first kappa shape index (κ1) is 24.2. The molecule has 2 atom stereocenters. The Labute approximate surface area is 192 Å². The minimum absolute atomic E-state index is 0.0455. The summed E-state index contributed by atoms with van der Waals surface area (Å²) in [6, 6.07) is 8.03. The Bertz CT molecular complexity index is 1060. The van der Waals surface area contributed by atoms with Gasteiger partial charge in [0.05, 0.1) is 26.7 Å². The number of amides is 1. The summed E-state index contributed by atoms with van der Waals surface area (Å²) in [5.41, 5.74) is -0.941. The van der Waals surface area contributed by atoms with Crippen LogP contribution in [0, 0.1) is 11.6 Å². The van der Waals surface area contributed by atoms with Crippen LogP contribution in [-0.4, -0.2) is 56.7 Å². The van der Waals surface area contributed by atoms with Crippen molar-refractivity contribution in [3.8, 4) is 11.5 Å². The lowest BCUT2D eigenvalue weighted by Crippen LogP contribution is -2.54. The Morgan fingerprint density at radius 3 is 2.74 bits per heavy atom. The first-order valence-corrected chi connectivity index (χ1v) is 10.5. The Morgan fingerprint density at radius 2 is 2.00 bits per heavy atom. The van der Waals surface area contributed by atoms with Crippen LogP contribution in [0.3, 0.4) is 0 Å². The standard InChI is InChI=1S/C23H22F5NO5/c1-31-18-11-14(5-6-17(18)32-10-8-23(26,27)28)21(30)29-9-7-22(19(12-29)33-13-34-22)15-3-2-4-16(24)20(15)25/h2-6,11,19H,7-10,12-13H2,1H3. The van der Waals surface area contributed by atoms with E-state index in [-0.39, 0.29) is 54.8 Å². The van der Waals surface area contributed by atoms with Crippen molar-refractivity contribution in [2.45, 2.75) is 30.7 Å². The SMILES string of the molecule is COc1cc(C(=O)N2CCC3(c4cccc(F)c4F)OCOC3C2)ccc1OCCC(F)(F)F. The number of rotatable bonds is 6. The van der Waals surface area contributed by atoms with E-state index in [1.165, 1.54) is 42.3 Å². The fraction of sp³-hybridized carbons (Fsp3) is 0.435. The predicted molar refractivity (Wildman–Crippen MR) is 109 cm³/mol. The summed E-state index contributed by atoms with van der Waals surface area (Å²) >= 11 is 0. The third-order valence-corrected chi connectivity index (χ3v) is 5.99. The van der Waals surface area contributed by atoms with Crippen LogP contribution >= 0.6 is 0 Å². The average molecular weight is 487 g/mol. The van der Waals surface area contributed by atoms with Crippen LogP contribution in [0.5, 0.6) is 11.5 Å². The number of hydrogen-bond acceptors (Lipinski definition) is 5. The minimum atomic E-state index is -4.35. The Balaban J connectivity index is 1.49. The van der Waals surface area contributed by atoms with Gasteiger partial charge in [0.1, 0.15) is 18.5 Å². The van der Waals surface area contributed by atoms with Crippen molar-refractivity contribution < 1.29 is 45.7 Å². The van der Waals surface area contributed by atoms with Crippen molar-refractivity contribution in [3.63, 3.8) is 0 Å². The number of methoxy groups -OCH3 is 1. The number of ether oxygens (including phenoxy) is 4. The largest absolute Gasteiger partial charge is 0.493 e. The molecular formula is C23H22F5NO5. The highest BCUT2D eigenvalue weighted by Gasteiger charge is 2.52. The molecule has 0 saturated carbocycles. The molecule has 0 aromatic heterocycles. The molecule has 2 aliphatic heterocycles. The van der Waals surface area contributed by atoms with E-state index in [1.54, 1.807) is 0 Å². The van der Waals surface area contributed by atoms with Crippen LogP contribution in [0.2, 0.25) is 0 Å². The molecule has 0 spiro atoms. The van der Waals surface area contributed by atoms with Gasteiger partial charge in [-0.15, -0.1) is 0 Å². The summed E-state index contributed by atoms with van der Waals surface area (Å²) in [5, 5.41) is 0. The summed E-state index contributed by atoms with van der Waals surface area (Å²) in [7, 11) is 1.31. The van der Waals surface area contributed by atoms with Crippen molar-refractivity contribution in [2.75, 3.05) is 33.6 Å². The number of nitrogens with zero attached hydrogens (tertiary/aromatic N) is 1. The number of likely N-dealkylation sites (tertiary alicyclic amines) is 1. The third-order valence-electron chi connectivity index (χ3n) is 5.99. The van der Waals surface area contributed by atoms with E-state index in [1.807, 2.05) is 0 Å². The van der Waals surface area contributed by atoms with Gasteiger partial charge in [0.15, 0.2) is 23.1 Å². The van der Waals surface area contributed by atoms with Crippen LogP contribution in [0.4, 0.5) is 22.0 Å². The van der Waals surface area contributed by atoms with E-state index >= 15 is 0 Å². The molecule has 11 heteroatoms. The molecule has 2 unspecified atom stereocenters. The maximum absolute atomic E-state index is 14.5. The van der Waals surface area contributed by atoms with Crippen molar-refractivity contribution in [2.24, 2.45) is 0 Å². The molecule has 0 bridgehead atoms. The smallest absolute Gasteiger partial charge is 0.392 e. The molecule has 2 fully saturated rings. The van der Waals surface area contributed by atoms with Gasteiger partial charge in [-0.05, 0) is 24.3 Å². The van der Waals surface area contributed by atoms with Crippen LogP contribution in [0.15, 0.2) is 36.4 Å². The number of piperidine rings is 1. The highest BCUT2D eigenvalue weighted by Crippen LogP contribution is 2.44. The molecule has 1 amide bonds. The molecule has 34 heavy (non-hydrogen) atoms. The number of benzene rings is 2. The lowest BCUT2D eigenvalue weighted by molar-refractivity contribution is -0.139. The zero-order valence-electron chi connectivity index (χ0n) is 18.2. The first-order valence-electron chi connectivity index (χ1n) is 10.5. The lowest BCUT2D eigenvalue weighted by atomic mass is 9.81. The van der Waals surface area contributed by atoms with Gasteiger partial charge in [-0.25, -0.2) is 8.78 Å². The summed E-state index contributed by atoms with van der Waals surface area (Å²) < 4.78 is 87.2. The highest BCUT2D eigenvalue weighted by molar-refractivity contribution is 5.95. The maximum Gasteiger partial charge on any atom is 0.392 e. The van der Waals surface area contributed by atoms with Crippen molar-refractivity contribution in [1.82, 2.24) is 4.90 Å². The summed E-state index contributed by atoms with van der Waals surface area (Å²) in [5.74, 6) is -2.20. The first-order chi connectivity index (χ1) is 16.1. The second-order valence-electron chi connectivity index (χ2n) is 7.99. The quantitative estimate of drug-likeness (QED) is 0.565. The average Bonchev–Trinajstić information content (AvgIpc) is 3.23. The molecule has 184 valence electrons. The third kappa shape index (κ3) is 4.67. The Morgan fingerprint density at radius 1 is 1.21 bits per heavy atom.